The van der Waals surface area contributed by atoms with Crippen LogP contribution in [0.3, 0.4) is 0 Å². The molecule has 0 aliphatic carbocycles. The molecule has 2 heteroatoms. The molecule has 0 spiro atoms. The quantitative estimate of drug-likeness (QED) is 0.855. The molecule has 1 heterocycles. The Labute approximate surface area is 128 Å². The molecule has 0 radical (unpaired) electrons. The van der Waals surface area contributed by atoms with Gasteiger partial charge in [0.15, 0.2) is 0 Å². The molecule has 1 aromatic heterocycles. The van der Waals surface area contributed by atoms with Gasteiger partial charge in [-0.05, 0) is 62.1 Å². The Balaban J connectivity index is 2.32. The molecule has 112 valence electrons. The maximum atomic E-state index is 4.57. The Bertz CT molecular complexity index is 570. The highest BCUT2D eigenvalue weighted by Gasteiger charge is 2.17. The lowest BCUT2D eigenvalue weighted by atomic mass is 9.92. The number of nitrogens with one attached hydrogen (secondary N) is 1. The highest BCUT2D eigenvalue weighted by atomic mass is 14.9. The van der Waals surface area contributed by atoms with E-state index < -0.39 is 0 Å². The first kappa shape index (κ1) is 15.7. The van der Waals surface area contributed by atoms with Gasteiger partial charge >= 0.3 is 0 Å². The van der Waals surface area contributed by atoms with Gasteiger partial charge in [0.25, 0.3) is 0 Å². The molecular weight excluding hydrogens is 256 g/mol. The summed E-state index contributed by atoms with van der Waals surface area (Å²) < 4.78 is 0. The highest BCUT2D eigenvalue weighted by molar-refractivity contribution is 5.37. The molecule has 21 heavy (non-hydrogen) atoms. The van der Waals surface area contributed by atoms with E-state index in [2.05, 4.69) is 62.3 Å². The van der Waals surface area contributed by atoms with Crippen LogP contribution >= 0.6 is 0 Å². The molecule has 2 rings (SSSR count). The first-order chi connectivity index (χ1) is 10.1. The van der Waals surface area contributed by atoms with E-state index in [-0.39, 0.29) is 0 Å². The first-order valence-electron chi connectivity index (χ1n) is 7.83. The molecule has 1 atom stereocenters. The summed E-state index contributed by atoms with van der Waals surface area (Å²) in [6, 6.07) is 11.0. The Morgan fingerprint density at radius 2 is 1.67 bits per heavy atom. The minimum absolute atomic E-state index is 0.333. The van der Waals surface area contributed by atoms with Gasteiger partial charge in [-0.2, -0.15) is 0 Å². The van der Waals surface area contributed by atoms with E-state index in [4.69, 9.17) is 0 Å². The van der Waals surface area contributed by atoms with Gasteiger partial charge in [0, 0.05) is 24.4 Å². The summed E-state index contributed by atoms with van der Waals surface area (Å²) in [5.41, 5.74) is 6.60. The van der Waals surface area contributed by atoms with Crippen molar-refractivity contribution in [2.45, 2.75) is 46.6 Å². The van der Waals surface area contributed by atoms with Gasteiger partial charge in [0.2, 0.25) is 0 Å². The lowest BCUT2D eigenvalue weighted by molar-refractivity contribution is 0.519. The van der Waals surface area contributed by atoms with Gasteiger partial charge in [-0.1, -0.05) is 31.2 Å². The lowest BCUT2D eigenvalue weighted by Gasteiger charge is -2.23. The second-order valence-electron chi connectivity index (χ2n) is 5.78. The van der Waals surface area contributed by atoms with Crippen LogP contribution < -0.4 is 5.32 Å². The van der Waals surface area contributed by atoms with Gasteiger partial charge in [0.1, 0.15) is 0 Å². The summed E-state index contributed by atoms with van der Waals surface area (Å²) >= 11 is 0. The molecule has 0 fully saturated rings. The molecule has 0 saturated carbocycles. The van der Waals surface area contributed by atoms with Crippen molar-refractivity contribution in [2.75, 3.05) is 6.54 Å². The smallest absolute Gasteiger partial charge is 0.0451 e. The van der Waals surface area contributed by atoms with E-state index in [1.807, 2.05) is 12.3 Å². The second-order valence-corrected chi connectivity index (χ2v) is 5.78. The third-order valence-corrected chi connectivity index (χ3v) is 4.05. The first-order valence-corrected chi connectivity index (χ1v) is 7.83. The third kappa shape index (κ3) is 3.92. The van der Waals surface area contributed by atoms with Crippen LogP contribution in [0.1, 0.15) is 47.3 Å². The van der Waals surface area contributed by atoms with Gasteiger partial charge in [-0.15, -0.1) is 0 Å². The number of aryl methyl sites for hydroxylation is 3. The monoisotopic (exact) mass is 282 g/mol. The van der Waals surface area contributed by atoms with Gasteiger partial charge in [-0.25, -0.2) is 0 Å². The van der Waals surface area contributed by atoms with Crippen molar-refractivity contribution in [3.63, 3.8) is 0 Å². The zero-order valence-corrected chi connectivity index (χ0v) is 13.6. The van der Waals surface area contributed by atoms with E-state index in [1.165, 1.54) is 27.9 Å². The van der Waals surface area contributed by atoms with Crippen molar-refractivity contribution < 1.29 is 0 Å². The van der Waals surface area contributed by atoms with Crippen molar-refractivity contribution >= 4 is 0 Å². The number of hydrogen-bond acceptors (Lipinski definition) is 2. The largest absolute Gasteiger partial charge is 0.310 e. The van der Waals surface area contributed by atoms with E-state index in [0.717, 1.165) is 19.4 Å². The van der Waals surface area contributed by atoms with Crippen LogP contribution in [0.25, 0.3) is 0 Å². The fourth-order valence-electron chi connectivity index (χ4n) is 2.90. The Morgan fingerprint density at radius 1 is 1.00 bits per heavy atom. The zero-order valence-electron chi connectivity index (χ0n) is 13.6. The summed E-state index contributed by atoms with van der Waals surface area (Å²) in [5, 5.41) is 3.70. The van der Waals surface area contributed by atoms with Crippen molar-refractivity contribution in [3.8, 4) is 0 Å². The van der Waals surface area contributed by atoms with Crippen molar-refractivity contribution in [2.24, 2.45) is 0 Å². The summed E-state index contributed by atoms with van der Waals surface area (Å²) in [7, 11) is 0. The average Bonchev–Trinajstić information content (AvgIpc) is 2.46. The van der Waals surface area contributed by atoms with Crippen LogP contribution in [0, 0.1) is 20.8 Å². The summed E-state index contributed by atoms with van der Waals surface area (Å²) in [6.07, 6.45) is 3.98. The van der Waals surface area contributed by atoms with Crippen molar-refractivity contribution in [1.29, 1.82) is 0 Å². The number of hydrogen-bond donors (Lipinski definition) is 1. The maximum Gasteiger partial charge on any atom is 0.0451 e. The lowest BCUT2D eigenvalue weighted by Crippen LogP contribution is -2.26. The van der Waals surface area contributed by atoms with E-state index in [0.29, 0.717) is 6.04 Å². The van der Waals surface area contributed by atoms with E-state index in [9.17, 15) is 0 Å². The standard InChI is InChI=1S/C19H26N2/c1-5-11-20-18(13-17-14(2)10-7-12-21-17)19-15(3)8-6-9-16(19)4/h6-10,12,18,20H,5,11,13H2,1-4H3. The van der Waals surface area contributed by atoms with Gasteiger partial charge in [-0.3, -0.25) is 4.98 Å². The molecule has 0 bridgehead atoms. The Kier molecular flexibility index (Phi) is 5.51. The molecule has 0 saturated heterocycles. The molecule has 1 N–H and O–H groups in total. The number of rotatable bonds is 6. The van der Waals surface area contributed by atoms with Crippen molar-refractivity contribution in [3.05, 3.63) is 64.5 Å². The molecule has 1 unspecified atom stereocenters. The minimum Gasteiger partial charge on any atom is -0.310 e. The van der Waals surface area contributed by atoms with Gasteiger partial charge < -0.3 is 5.32 Å². The maximum absolute atomic E-state index is 4.57. The SMILES string of the molecule is CCCNC(Cc1ncccc1C)c1c(C)cccc1C. The molecule has 0 amide bonds. The molecule has 0 aliphatic heterocycles. The minimum atomic E-state index is 0.333. The summed E-state index contributed by atoms with van der Waals surface area (Å²) in [5.74, 6) is 0. The Hall–Kier alpha value is -1.67. The van der Waals surface area contributed by atoms with E-state index in [1.54, 1.807) is 0 Å². The fourth-order valence-corrected chi connectivity index (χ4v) is 2.90. The normalized spacial score (nSPS) is 12.4. The summed E-state index contributed by atoms with van der Waals surface area (Å²) in [4.78, 5) is 4.57. The van der Waals surface area contributed by atoms with Crippen LogP contribution in [-0.4, -0.2) is 11.5 Å². The molecular formula is C19H26N2. The highest BCUT2D eigenvalue weighted by Crippen LogP contribution is 2.25. The van der Waals surface area contributed by atoms with Crippen LogP contribution in [0.2, 0.25) is 0 Å². The molecule has 2 nitrogen and oxygen atoms in total. The number of pyridine rings is 1. The Morgan fingerprint density at radius 3 is 2.29 bits per heavy atom. The predicted octanol–water partition coefficient (Wildman–Crippen LogP) is 4.29. The predicted molar refractivity (Wildman–Crippen MR) is 89.6 cm³/mol. The molecule has 0 aliphatic rings. The van der Waals surface area contributed by atoms with Crippen LogP contribution in [0.5, 0.6) is 0 Å². The average molecular weight is 282 g/mol. The van der Waals surface area contributed by atoms with E-state index >= 15 is 0 Å². The number of benzene rings is 1. The molecule has 1 aromatic carbocycles. The topological polar surface area (TPSA) is 24.9 Å². The van der Waals surface area contributed by atoms with Crippen LogP contribution in [-0.2, 0) is 6.42 Å². The van der Waals surface area contributed by atoms with Gasteiger partial charge in [0.05, 0.1) is 0 Å². The third-order valence-electron chi connectivity index (χ3n) is 4.05. The second kappa shape index (κ2) is 7.37. The number of aromatic nitrogens is 1. The van der Waals surface area contributed by atoms with Crippen LogP contribution in [0.4, 0.5) is 0 Å². The fraction of sp³-hybridized carbons (Fsp3) is 0.421. The van der Waals surface area contributed by atoms with Crippen molar-refractivity contribution in [1.82, 2.24) is 10.3 Å². The molecule has 2 aromatic rings. The zero-order chi connectivity index (χ0) is 15.2. The summed E-state index contributed by atoms with van der Waals surface area (Å²) in [6.45, 7) is 9.79. The number of nitrogens with zero attached hydrogens (tertiary/aromatic N) is 1. The van der Waals surface area contributed by atoms with Crippen LogP contribution in [0.15, 0.2) is 36.5 Å².